The van der Waals surface area contributed by atoms with E-state index in [0.717, 1.165) is 4.21 Å². The molecule has 3 nitrogen and oxygen atoms in total. The van der Waals surface area contributed by atoms with Crippen LogP contribution in [-0.2, 0) is 9.53 Å². The summed E-state index contributed by atoms with van der Waals surface area (Å²) in [5, 5.41) is 11.3. The van der Waals surface area contributed by atoms with Crippen LogP contribution in [0, 0.1) is 0 Å². The van der Waals surface area contributed by atoms with Crippen LogP contribution in [0.1, 0.15) is 12.8 Å². The first-order valence-corrected chi connectivity index (χ1v) is 6.46. The van der Waals surface area contributed by atoms with Crippen molar-refractivity contribution in [2.75, 3.05) is 13.2 Å². The molecule has 1 saturated heterocycles. The van der Waals surface area contributed by atoms with Gasteiger partial charge in [0.1, 0.15) is 4.75 Å². The maximum absolute atomic E-state index is 11.3. The van der Waals surface area contributed by atoms with Gasteiger partial charge < -0.3 is 9.84 Å². The van der Waals surface area contributed by atoms with Gasteiger partial charge in [-0.25, -0.2) is 0 Å². The van der Waals surface area contributed by atoms with Gasteiger partial charge in [0.05, 0.1) is 4.21 Å². The second kappa shape index (κ2) is 4.55. The Morgan fingerprint density at radius 3 is 2.80 bits per heavy atom. The van der Waals surface area contributed by atoms with Gasteiger partial charge in [-0.05, 0) is 24.3 Å². The third-order valence-corrected chi connectivity index (χ3v) is 4.99. The lowest BCUT2D eigenvalue weighted by Crippen LogP contribution is -2.40. The van der Waals surface area contributed by atoms with Crippen LogP contribution in [0.3, 0.4) is 0 Å². The summed E-state index contributed by atoms with van der Waals surface area (Å²) in [6, 6.07) is 3.91. The average Bonchev–Trinajstić information content (AvgIpc) is 2.71. The number of carboxylic acids is 1. The van der Waals surface area contributed by atoms with Gasteiger partial charge in [0.25, 0.3) is 0 Å². The van der Waals surface area contributed by atoms with E-state index in [9.17, 15) is 9.90 Å². The third kappa shape index (κ3) is 2.35. The number of aliphatic carboxylic acids is 1. The molecule has 0 unspecified atom stereocenters. The van der Waals surface area contributed by atoms with Crippen LogP contribution < -0.4 is 0 Å². The van der Waals surface area contributed by atoms with Gasteiger partial charge in [-0.3, -0.25) is 4.79 Å². The molecule has 0 aromatic carbocycles. The molecule has 0 aliphatic carbocycles. The van der Waals surface area contributed by atoms with Gasteiger partial charge in [-0.1, -0.05) is 17.8 Å². The molecule has 0 radical (unpaired) electrons. The zero-order chi connectivity index (χ0) is 10.7. The highest BCUT2D eigenvalue weighted by molar-refractivity contribution is 8.03. The van der Waals surface area contributed by atoms with Crippen LogP contribution in [0.5, 0.6) is 0 Å². The maximum Gasteiger partial charge on any atom is 0.320 e. The van der Waals surface area contributed by atoms with Crippen LogP contribution >= 0.6 is 23.1 Å². The fraction of sp³-hybridized carbons (Fsp3) is 0.500. The number of hydrogen-bond donors (Lipinski definition) is 1. The molecule has 0 bridgehead atoms. The van der Waals surface area contributed by atoms with Crippen molar-refractivity contribution in [3.05, 3.63) is 17.5 Å². The predicted octanol–water partition coefficient (Wildman–Crippen LogP) is 2.47. The molecular weight excluding hydrogens is 232 g/mol. The Morgan fingerprint density at radius 1 is 1.53 bits per heavy atom. The molecule has 0 saturated carbocycles. The number of thiophene rings is 1. The van der Waals surface area contributed by atoms with E-state index in [-0.39, 0.29) is 0 Å². The average molecular weight is 244 g/mol. The first kappa shape index (κ1) is 11.0. The van der Waals surface area contributed by atoms with E-state index in [4.69, 9.17) is 4.74 Å². The standard InChI is InChI=1S/C10H12O3S2/c11-9(12)10(3-5-13-6-4-10)15-8-2-1-7-14-8/h1-2,7H,3-6H2,(H,11,12). The highest BCUT2D eigenvalue weighted by Gasteiger charge is 2.41. The lowest BCUT2D eigenvalue weighted by molar-refractivity contribution is -0.142. The number of carbonyl (C=O) groups is 1. The molecule has 0 atom stereocenters. The summed E-state index contributed by atoms with van der Waals surface area (Å²) in [7, 11) is 0. The fourth-order valence-electron chi connectivity index (χ4n) is 1.57. The van der Waals surface area contributed by atoms with Crippen LogP contribution in [0.2, 0.25) is 0 Å². The molecule has 2 heterocycles. The normalized spacial score (nSPS) is 20.0. The van der Waals surface area contributed by atoms with Crippen molar-refractivity contribution in [1.82, 2.24) is 0 Å². The van der Waals surface area contributed by atoms with Gasteiger partial charge in [0.2, 0.25) is 0 Å². The van der Waals surface area contributed by atoms with E-state index < -0.39 is 10.7 Å². The maximum atomic E-state index is 11.3. The Balaban J connectivity index is 2.15. The summed E-state index contributed by atoms with van der Waals surface area (Å²) < 4.78 is 5.61. The molecule has 1 aliphatic rings. The molecule has 15 heavy (non-hydrogen) atoms. The summed E-state index contributed by atoms with van der Waals surface area (Å²) in [5.41, 5.74) is 0. The summed E-state index contributed by atoms with van der Waals surface area (Å²) in [6.07, 6.45) is 1.18. The van der Waals surface area contributed by atoms with Crippen molar-refractivity contribution in [3.8, 4) is 0 Å². The summed E-state index contributed by atoms with van der Waals surface area (Å²) >= 11 is 3.06. The number of rotatable bonds is 3. The second-order valence-corrected chi connectivity index (χ2v) is 6.08. The van der Waals surface area contributed by atoms with Gasteiger partial charge in [0.15, 0.2) is 0 Å². The molecule has 2 rings (SSSR count). The SMILES string of the molecule is O=C(O)C1(Sc2cccs2)CCOCC1. The molecule has 1 N–H and O–H groups in total. The van der Waals surface area contributed by atoms with Gasteiger partial charge >= 0.3 is 5.97 Å². The van der Waals surface area contributed by atoms with Crippen molar-refractivity contribution in [2.45, 2.75) is 21.8 Å². The van der Waals surface area contributed by atoms with E-state index in [2.05, 4.69) is 0 Å². The van der Waals surface area contributed by atoms with E-state index in [1.165, 1.54) is 11.8 Å². The number of hydrogen-bond acceptors (Lipinski definition) is 4. The molecule has 5 heteroatoms. The van der Waals surface area contributed by atoms with Crippen molar-refractivity contribution in [1.29, 1.82) is 0 Å². The molecule has 0 amide bonds. The van der Waals surface area contributed by atoms with E-state index in [0.29, 0.717) is 26.1 Å². The number of carboxylic acid groups (broad SMARTS) is 1. The van der Waals surface area contributed by atoms with Crippen molar-refractivity contribution in [2.24, 2.45) is 0 Å². The minimum atomic E-state index is -0.718. The topological polar surface area (TPSA) is 46.5 Å². The Bertz CT molecular complexity index is 328. The summed E-state index contributed by atoms with van der Waals surface area (Å²) in [5.74, 6) is -0.718. The molecule has 0 spiro atoms. The molecular formula is C10H12O3S2. The second-order valence-electron chi connectivity index (χ2n) is 3.45. The van der Waals surface area contributed by atoms with E-state index in [1.54, 1.807) is 11.3 Å². The fourth-order valence-corrected chi connectivity index (χ4v) is 3.85. The highest BCUT2D eigenvalue weighted by Crippen LogP contribution is 2.42. The van der Waals surface area contributed by atoms with Crippen molar-refractivity contribution >= 4 is 29.1 Å². The van der Waals surface area contributed by atoms with Crippen LogP contribution in [0.25, 0.3) is 0 Å². The number of ether oxygens (including phenoxy) is 1. The van der Waals surface area contributed by atoms with Crippen LogP contribution in [0.4, 0.5) is 0 Å². The Hall–Kier alpha value is -0.520. The number of thioether (sulfide) groups is 1. The minimum absolute atomic E-state index is 0.546. The van der Waals surface area contributed by atoms with E-state index >= 15 is 0 Å². The Labute approximate surface area is 96.4 Å². The first-order chi connectivity index (χ1) is 7.23. The summed E-state index contributed by atoms with van der Waals surface area (Å²) in [4.78, 5) is 11.3. The van der Waals surface area contributed by atoms with Gasteiger partial charge in [-0.15, -0.1) is 11.3 Å². The third-order valence-electron chi connectivity index (χ3n) is 2.48. The quantitative estimate of drug-likeness (QED) is 0.887. The zero-order valence-corrected chi connectivity index (χ0v) is 9.77. The van der Waals surface area contributed by atoms with Crippen LogP contribution in [-0.4, -0.2) is 29.0 Å². The van der Waals surface area contributed by atoms with Gasteiger partial charge in [0, 0.05) is 13.2 Å². The lowest BCUT2D eigenvalue weighted by atomic mass is 9.99. The molecule has 1 aromatic heterocycles. The monoisotopic (exact) mass is 244 g/mol. The Morgan fingerprint density at radius 2 is 2.27 bits per heavy atom. The largest absolute Gasteiger partial charge is 0.480 e. The molecule has 82 valence electrons. The lowest BCUT2D eigenvalue weighted by Gasteiger charge is -2.31. The van der Waals surface area contributed by atoms with Crippen molar-refractivity contribution in [3.63, 3.8) is 0 Å². The van der Waals surface area contributed by atoms with Crippen LogP contribution in [0.15, 0.2) is 21.7 Å². The van der Waals surface area contributed by atoms with Crippen molar-refractivity contribution < 1.29 is 14.6 Å². The predicted molar refractivity (Wildman–Crippen MR) is 60.6 cm³/mol. The first-order valence-electron chi connectivity index (χ1n) is 4.77. The highest BCUT2D eigenvalue weighted by atomic mass is 32.2. The summed E-state index contributed by atoms with van der Waals surface area (Å²) in [6.45, 7) is 1.09. The minimum Gasteiger partial charge on any atom is -0.480 e. The zero-order valence-electron chi connectivity index (χ0n) is 8.14. The molecule has 1 aliphatic heterocycles. The molecule has 1 aromatic rings. The Kier molecular flexibility index (Phi) is 3.33. The van der Waals surface area contributed by atoms with Gasteiger partial charge in [-0.2, -0.15) is 0 Å². The smallest absolute Gasteiger partial charge is 0.320 e. The molecule has 1 fully saturated rings. The van der Waals surface area contributed by atoms with E-state index in [1.807, 2.05) is 17.5 Å².